The largest absolute Gasteiger partial charge is 0.497 e. The van der Waals surface area contributed by atoms with Crippen molar-refractivity contribution in [1.29, 1.82) is 0 Å². The lowest BCUT2D eigenvalue weighted by molar-refractivity contribution is 0.414. The van der Waals surface area contributed by atoms with Crippen LogP contribution in [0, 0.1) is 13.8 Å². The van der Waals surface area contributed by atoms with Crippen LogP contribution >= 0.6 is 12.2 Å². The minimum Gasteiger partial charge on any atom is -0.497 e. The maximum absolute atomic E-state index is 5.33. The van der Waals surface area contributed by atoms with Crippen molar-refractivity contribution in [3.63, 3.8) is 0 Å². The summed E-state index contributed by atoms with van der Waals surface area (Å²) in [4.78, 5) is 0. The average Bonchev–Trinajstić information content (AvgIpc) is 2.41. The summed E-state index contributed by atoms with van der Waals surface area (Å²) in [5.74, 6) is 0.839. The Bertz CT molecular complexity index is 626. The number of aryl methyl sites for hydroxylation is 2. The lowest BCUT2D eigenvalue weighted by Gasteiger charge is -2.13. The van der Waals surface area contributed by atoms with Crippen LogP contribution in [0.5, 0.6) is 5.75 Å². The number of nitrogens with one attached hydrogen (secondary N) is 2. The van der Waals surface area contributed by atoms with E-state index in [1.807, 2.05) is 37.3 Å². The van der Waals surface area contributed by atoms with E-state index in [-0.39, 0.29) is 0 Å². The van der Waals surface area contributed by atoms with Crippen LogP contribution in [0.1, 0.15) is 11.1 Å². The highest BCUT2D eigenvalue weighted by atomic mass is 32.1. The van der Waals surface area contributed by atoms with Gasteiger partial charge >= 0.3 is 0 Å². The molecule has 0 spiro atoms. The molecule has 4 heteroatoms. The van der Waals surface area contributed by atoms with Crippen LogP contribution in [-0.4, -0.2) is 12.2 Å². The molecular formula is C16H18N2OS. The molecule has 0 atom stereocenters. The zero-order chi connectivity index (χ0) is 14.5. The van der Waals surface area contributed by atoms with Gasteiger partial charge in [-0.3, -0.25) is 0 Å². The van der Waals surface area contributed by atoms with E-state index >= 15 is 0 Å². The third-order valence-corrected chi connectivity index (χ3v) is 3.16. The lowest BCUT2D eigenvalue weighted by Crippen LogP contribution is -2.19. The van der Waals surface area contributed by atoms with Crippen molar-refractivity contribution in [2.75, 3.05) is 17.7 Å². The predicted octanol–water partition coefficient (Wildman–Crippen LogP) is 4.12. The highest BCUT2D eigenvalue weighted by Crippen LogP contribution is 2.21. The quantitative estimate of drug-likeness (QED) is 0.832. The first-order valence-corrected chi connectivity index (χ1v) is 6.78. The molecule has 0 radical (unpaired) electrons. The second-order valence-electron chi connectivity index (χ2n) is 4.63. The summed E-state index contributed by atoms with van der Waals surface area (Å²) in [5, 5.41) is 6.94. The molecule has 3 nitrogen and oxygen atoms in total. The van der Waals surface area contributed by atoms with Gasteiger partial charge in [-0.2, -0.15) is 0 Å². The fourth-order valence-corrected chi connectivity index (χ4v) is 2.14. The Hall–Kier alpha value is -2.07. The molecule has 0 fully saturated rings. The van der Waals surface area contributed by atoms with Crippen molar-refractivity contribution in [2.24, 2.45) is 0 Å². The standard InChI is InChI=1S/C16H18N2OS/c1-11-5-4-6-13(9-11)17-16(20)18-15-8-7-14(19-3)10-12(15)2/h4-10H,1-3H3,(H2,17,18,20). The topological polar surface area (TPSA) is 33.3 Å². The summed E-state index contributed by atoms with van der Waals surface area (Å²) in [6.07, 6.45) is 0. The Balaban J connectivity index is 2.05. The van der Waals surface area contributed by atoms with Crippen LogP contribution in [0.2, 0.25) is 0 Å². The first-order chi connectivity index (χ1) is 9.58. The van der Waals surface area contributed by atoms with E-state index in [9.17, 15) is 0 Å². The molecule has 2 rings (SSSR count). The fraction of sp³-hybridized carbons (Fsp3) is 0.188. The molecule has 0 saturated carbocycles. The molecule has 0 unspecified atom stereocenters. The van der Waals surface area contributed by atoms with Crippen molar-refractivity contribution in [1.82, 2.24) is 0 Å². The molecule has 104 valence electrons. The predicted molar refractivity (Wildman–Crippen MR) is 88.8 cm³/mol. The van der Waals surface area contributed by atoms with Gasteiger partial charge in [-0.25, -0.2) is 0 Å². The summed E-state index contributed by atoms with van der Waals surface area (Å²) in [6.45, 7) is 4.06. The number of hydrogen-bond acceptors (Lipinski definition) is 2. The Morgan fingerprint density at radius 2 is 1.85 bits per heavy atom. The van der Waals surface area contributed by atoms with Crippen molar-refractivity contribution >= 4 is 28.7 Å². The number of methoxy groups -OCH3 is 1. The zero-order valence-corrected chi connectivity index (χ0v) is 12.7. The highest BCUT2D eigenvalue weighted by Gasteiger charge is 2.03. The normalized spacial score (nSPS) is 9.95. The van der Waals surface area contributed by atoms with E-state index < -0.39 is 0 Å². The van der Waals surface area contributed by atoms with Gasteiger partial charge in [-0.15, -0.1) is 0 Å². The monoisotopic (exact) mass is 286 g/mol. The number of rotatable bonds is 3. The summed E-state index contributed by atoms with van der Waals surface area (Å²) >= 11 is 5.33. The van der Waals surface area contributed by atoms with Crippen LogP contribution in [0.4, 0.5) is 11.4 Å². The summed E-state index contributed by atoms with van der Waals surface area (Å²) in [6, 6.07) is 13.9. The SMILES string of the molecule is COc1ccc(NC(=S)Nc2cccc(C)c2)c(C)c1. The van der Waals surface area contributed by atoms with Crippen molar-refractivity contribution in [3.05, 3.63) is 53.6 Å². The second-order valence-corrected chi connectivity index (χ2v) is 5.04. The molecule has 0 amide bonds. The number of anilines is 2. The molecule has 0 saturated heterocycles. The van der Waals surface area contributed by atoms with Gasteiger partial charge in [0, 0.05) is 11.4 Å². The third kappa shape index (κ3) is 3.71. The Morgan fingerprint density at radius 1 is 1.05 bits per heavy atom. The van der Waals surface area contributed by atoms with Gasteiger partial charge in [0.05, 0.1) is 7.11 Å². The fourth-order valence-electron chi connectivity index (χ4n) is 1.91. The number of thiocarbonyl (C=S) groups is 1. The van der Waals surface area contributed by atoms with E-state index in [1.165, 1.54) is 5.56 Å². The highest BCUT2D eigenvalue weighted by molar-refractivity contribution is 7.80. The molecule has 0 aliphatic rings. The maximum atomic E-state index is 5.33. The van der Waals surface area contributed by atoms with Crippen molar-refractivity contribution in [2.45, 2.75) is 13.8 Å². The van der Waals surface area contributed by atoms with Crippen LogP contribution < -0.4 is 15.4 Å². The number of ether oxygens (including phenoxy) is 1. The maximum Gasteiger partial charge on any atom is 0.175 e. The van der Waals surface area contributed by atoms with E-state index in [4.69, 9.17) is 17.0 Å². The Morgan fingerprint density at radius 3 is 2.50 bits per heavy atom. The van der Waals surface area contributed by atoms with E-state index in [0.717, 1.165) is 22.7 Å². The zero-order valence-electron chi connectivity index (χ0n) is 11.9. The number of hydrogen-bond donors (Lipinski definition) is 2. The van der Waals surface area contributed by atoms with Crippen LogP contribution in [0.25, 0.3) is 0 Å². The van der Waals surface area contributed by atoms with E-state index in [1.54, 1.807) is 7.11 Å². The van der Waals surface area contributed by atoms with Gasteiger partial charge in [0.15, 0.2) is 5.11 Å². The molecule has 0 aromatic heterocycles. The average molecular weight is 286 g/mol. The molecule has 2 aromatic rings. The van der Waals surface area contributed by atoms with Gasteiger partial charge < -0.3 is 15.4 Å². The van der Waals surface area contributed by atoms with Gasteiger partial charge in [0.1, 0.15) is 5.75 Å². The molecule has 0 aliphatic carbocycles. The van der Waals surface area contributed by atoms with Crippen LogP contribution in [-0.2, 0) is 0 Å². The molecule has 0 bridgehead atoms. The molecule has 2 N–H and O–H groups in total. The van der Waals surface area contributed by atoms with Gasteiger partial charge in [0.2, 0.25) is 0 Å². The minimum atomic E-state index is 0.573. The molecule has 2 aromatic carbocycles. The summed E-state index contributed by atoms with van der Waals surface area (Å²) in [5.41, 5.74) is 4.22. The van der Waals surface area contributed by atoms with E-state index in [2.05, 4.69) is 29.7 Å². The van der Waals surface area contributed by atoms with Gasteiger partial charge in [-0.05, 0) is 67.5 Å². The molecule has 0 heterocycles. The minimum absolute atomic E-state index is 0.573. The molecule has 0 aliphatic heterocycles. The first kappa shape index (κ1) is 14.3. The van der Waals surface area contributed by atoms with E-state index in [0.29, 0.717) is 5.11 Å². The Labute approximate surface area is 125 Å². The summed E-state index contributed by atoms with van der Waals surface area (Å²) < 4.78 is 5.19. The Kier molecular flexibility index (Phi) is 4.58. The second kappa shape index (κ2) is 6.39. The van der Waals surface area contributed by atoms with Gasteiger partial charge in [0.25, 0.3) is 0 Å². The smallest absolute Gasteiger partial charge is 0.175 e. The first-order valence-electron chi connectivity index (χ1n) is 6.38. The third-order valence-electron chi connectivity index (χ3n) is 2.96. The number of benzene rings is 2. The van der Waals surface area contributed by atoms with Crippen LogP contribution in [0.3, 0.4) is 0 Å². The van der Waals surface area contributed by atoms with Crippen molar-refractivity contribution < 1.29 is 4.74 Å². The molecular weight excluding hydrogens is 268 g/mol. The van der Waals surface area contributed by atoms with Crippen LogP contribution in [0.15, 0.2) is 42.5 Å². The lowest BCUT2D eigenvalue weighted by atomic mass is 10.2. The molecule has 20 heavy (non-hydrogen) atoms. The van der Waals surface area contributed by atoms with Crippen molar-refractivity contribution in [3.8, 4) is 5.75 Å². The van der Waals surface area contributed by atoms with Gasteiger partial charge in [-0.1, -0.05) is 12.1 Å². The summed E-state index contributed by atoms with van der Waals surface area (Å²) in [7, 11) is 1.66.